The number of rotatable bonds is 7. The summed E-state index contributed by atoms with van der Waals surface area (Å²) in [6.45, 7) is 2.35. The summed E-state index contributed by atoms with van der Waals surface area (Å²) in [5.41, 5.74) is 5.15. The Kier molecular flexibility index (Phi) is 7.17. The predicted molar refractivity (Wildman–Crippen MR) is 179 cm³/mol. The topological polar surface area (TPSA) is 130 Å². The molecule has 0 saturated carbocycles. The van der Waals surface area contributed by atoms with Gasteiger partial charge in [0.15, 0.2) is 0 Å². The quantitative estimate of drug-likeness (QED) is 0.119. The van der Waals surface area contributed by atoms with E-state index in [2.05, 4.69) is 20.6 Å². The van der Waals surface area contributed by atoms with Crippen molar-refractivity contribution in [1.29, 1.82) is 0 Å². The number of carbonyl (C=O) groups excluding carboxylic acids is 3. The summed E-state index contributed by atoms with van der Waals surface area (Å²) < 4.78 is 0. The first kappa shape index (κ1) is 28.5. The van der Waals surface area contributed by atoms with Gasteiger partial charge in [-0.15, -0.1) is 11.6 Å². The molecule has 3 amide bonds. The van der Waals surface area contributed by atoms with Crippen LogP contribution in [0, 0.1) is 0 Å². The number of aromatic amines is 2. The number of aromatic nitrogens is 2. The molecule has 45 heavy (non-hydrogen) atoms. The highest BCUT2D eigenvalue weighted by molar-refractivity contribution is 6.19. The molecule has 0 fully saturated rings. The number of H-pyrrole nitrogens is 2. The highest BCUT2D eigenvalue weighted by atomic mass is 35.5. The molecule has 0 spiro atoms. The van der Waals surface area contributed by atoms with Gasteiger partial charge in [0.2, 0.25) is 5.91 Å². The van der Waals surface area contributed by atoms with Crippen LogP contribution >= 0.6 is 11.6 Å². The fraction of sp³-hybridized carbons (Fsp3) is 0.171. The predicted octanol–water partition coefficient (Wildman–Crippen LogP) is 7.48. The highest BCUT2D eigenvalue weighted by Crippen LogP contribution is 2.45. The van der Waals surface area contributed by atoms with E-state index in [0.29, 0.717) is 47.3 Å². The monoisotopic (exact) mass is 619 g/mol. The van der Waals surface area contributed by atoms with Gasteiger partial charge in [-0.05, 0) is 65.9 Å². The Hall–Kier alpha value is -5.28. The Balaban J connectivity index is 1.12. The fourth-order valence-corrected chi connectivity index (χ4v) is 6.45. The molecule has 1 atom stereocenters. The van der Waals surface area contributed by atoms with Gasteiger partial charge < -0.3 is 30.6 Å². The van der Waals surface area contributed by atoms with Crippen molar-refractivity contribution in [3.63, 3.8) is 0 Å². The molecule has 1 aliphatic heterocycles. The zero-order valence-electron chi connectivity index (χ0n) is 24.4. The van der Waals surface area contributed by atoms with Crippen molar-refractivity contribution in [1.82, 2.24) is 9.97 Å². The molecule has 0 bridgehead atoms. The summed E-state index contributed by atoms with van der Waals surface area (Å²) in [4.78, 5) is 46.9. The van der Waals surface area contributed by atoms with E-state index in [1.54, 1.807) is 35.2 Å². The number of anilines is 3. The zero-order chi connectivity index (χ0) is 31.2. The number of hydrogen-bond acceptors (Lipinski definition) is 4. The molecule has 226 valence electrons. The van der Waals surface area contributed by atoms with E-state index >= 15 is 0 Å². The van der Waals surface area contributed by atoms with Crippen LogP contribution in [0.25, 0.3) is 32.6 Å². The van der Waals surface area contributed by atoms with E-state index in [9.17, 15) is 19.5 Å². The van der Waals surface area contributed by atoms with Gasteiger partial charge in [-0.2, -0.15) is 0 Å². The van der Waals surface area contributed by atoms with Crippen LogP contribution < -0.4 is 15.5 Å². The van der Waals surface area contributed by atoms with Gasteiger partial charge in [-0.1, -0.05) is 31.2 Å². The Morgan fingerprint density at radius 3 is 2.20 bits per heavy atom. The molecule has 7 rings (SSSR count). The standard InChI is InChI=1S/C35H30ClN5O4/c1-2-5-32(43)37-22-8-10-26-19(12-22)14-28(39-26)34(44)38-23-9-11-27-20(13-23)15-29(40-27)35(45)41-18-21(17-36)33-25-7-4-3-6-24(25)31(42)16-30(33)41/h3-4,6-16,21,39-40,42H,2,5,17-18H2,1H3,(H,37,43)(H,38,44). The molecule has 4 aromatic carbocycles. The lowest BCUT2D eigenvalue weighted by atomic mass is 9.95. The van der Waals surface area contributed by atoms with E-state index in [0.717, 1.165) is 44.6 Å². The first-order chi connectivity index (χ1) is 21.8. The lowest BCUT2D eigenvalue weighted by molar-refractivity contribution is -0.116. The summed E-state index contributed by atoms with van der Waals surface area (Å²) in [5.74, 6) is -0.214. The van der Waals surface area contributed by atoms with Crippen LogP contribution in [0.15, 0.2) is 78.9 Å². The number of aromatic hydroxyl groups is 1. The number of amides is 3. The van der Waals surface area contributed by atoms with Gasteiger partial charge in [0.25, 0.3) is 11.8 Å². The second-order valence-corrected chi connectivity index (χ2v) is 11.7. The Morgan fingerprint density at radius 1 is 0.867 bits per heavy atom. The maximum Gasteiger partial charge on any atom is 0.274 e. The van der Waals surface area contributed by atoms with Gasteiger partial charge in [0.1, 0.15) is 17.1 Å². The molecule has 9 nitrogen and oxygen atoms in total. The maximum absolute atomic E-state index is 13.8. The third-order valence-corrected chi connectivity index (χ3v) is 8.68. The molecule has 10 heteroatoms. The average Bonchev–Trinajstić information content (AvgIpc) is 3.75. The van der Waals surface area contributed by atoms with E-state index in [1.807, 2.05) is 55.5 Å². The molecule has 0 saturated heterocycles. The zero-order valence-corrected chi connectivity index (χ0v) is 25.2. The number of phenolic OH excluding ortho intramolecular Hbond substituents is 1. The molecule has 0 aliphatic carbocycles. The summed E-state index contributed by atoms with van der Waals surface area (Å²) in [6.07, 6.45) is 1.21. The van der Waals surface area contributed by atoms with Gasteiger partial charge in [-0.3, -0.25) is 14.4 Å². The highest BCUT2D eigenvalue weighted by Gasteiger charge is 2.35. The largest absolute Gasteiger partial charge is 0.507 e. The number of alkyl halides is 1. The Morgan fingerprint density at radius 2 is 1.51 bits per heavy atom. The van der Waals surface area contributed by atoms with Crippen molar-refractivity contribution in [3.05, 3.63) is 95.8 Å². The fourth-order valence-electron chi connectivity index (χ4n) is 6.20. The number of hydrogen-bond donors (Lipinski definition) is 5. The van der Waals surface area contributed by atoms with Crippen molar-refractivity contribution < 1.29 is 19.5 Å². The van der Waals surface area contributed by atoms with Crippen molar-refractivity contribution in [3.8, 4) is 5.75 Å². The average molecular weight is 620 g/mol. The number of nitrogens with one attached hydrogen (secondary N) is 4. The summed E-state index contributed by atoms with van der Waals surface area (Å²) in [6, 6.07) is 23.6. The molecule has 1 unspecified atom stereocenters. The maximum atomic E-state index is 13.8. The minimum absolute atomic E-state index is 0.0482. The smallest absolute Gasteiger partial charge is 0.274 e. The van der Waals surface area contributed by atoms with E-state index in [-0.39, 0.29) is 29.4 Å². The molecular weight excluding hydrogens is 590 g/mol. The van der Waals surface area contributed by atoms with Crippen LogP contribution in [0.4, 0.5) is 17.1 Å². The number of fused-ring (bicyclic) bond motifs is 5. The van der Waals surface area contributed by atoms with Crippen molar-refractivity contribution in [2.75, 3.05) is 28.0 Å². The third-order valence-electron chi connectivity index (χ3n) is 8.31. The Labute approximate surface area is 263 Å². The number of halogens is 1. The van der Waals surface area contributed by atoms with E-state index < -0.39 is 0 Å². The van der Waals surface area contributed by atoms with Gasteiger partial charge in [-0.25, -0.2) is 0 Å². The third kappa shape index (κ3) is 5.15. The lowest BCUT2D eigenvalue weighted by Crippen LogP contribution is -2.30. The summed E-state index contributed by atoms with van der Waals surface area (Å²) >= 11 is 6.36. The van der Waals surface area contributed by atoms with E-state index in [4.69, 9.17) is 11.6 Å². The number of phenols is 1. The molecule has 5 N–H and O–H groups in total. The van der Waals surface area contributed by atoms with Crippen LogP contribution in [0.5, 0.6) is 5.75 Å². The molecular formula is C35H30ClN5O4. The first-order valence-corrected chi connectivity index (χ1v) is 15.4. The minimum Gasteiger partial charge on any atom is -0.507 e. The normalized spacial score (nSPS) is 14.3. The molecule has 2 aromatic heterocycles. The van der Waals surface area contributed by atoms with Crippen LogP contribution in [0.2, 0.25) is 0 Å². The molecule has 3 heterocycles. The van der Waals surface area contributed by atoms with Crippen LogP contribution in [0.1, 0.15) is 52.2 Å². The number of carbonyl (C=O) groups is 3. The first-order valence-electron chi connectivity index (χ1n) is 14.8. The minimum atomic E-state index is -0.318. The number of nitrogens with zero attached hydrogens (tertiary/aromatic N) is 1. The Bertz CT molecular complexity index is 2150. The van der Waals surface area contributed by atoms with Gasteiger partial charge >= 0.3 is 0 Å². The van der Waals surface area contributed by atoms with Crippen molar-refractivity contribution in [2.24, 2.45) is 0 Å². The van der Waals surface area contributed by atoms with Crippen LogP contribution in [-0.2, 0) is 4.79 Å². The molecule has 1 aliphatic rings. The SMILES string of the molecule is CCCC(=O)Nc1ccc2[nH]c(C(=O)Nc3ccc4[nH]c(C(=O)N5CC(CCl)c6c5cc(O)c5ccccc65)cc4c3)cc2c1. The lowest BCUT2D eigenvalue weighted by Gasteiger charge is -2.17. The van der Waals surface area contributed by atoms with Gasteiger partial charge in [0.05, 0.1) is 5.69 Å². The van der Waals surface area contributed by atoms with Crippen LogP contribution in [-0.4, -0.2) is 45.2 Å². The summed E-state index contributed by atoms with van der Waals surface area (Å²) in [7, 11) is 0. The second kappa shape index (κ2) is 11.3. The number of benzene rings is 4. The van der Waals surface area contributed by atoms with Crippen LogP contribution in [0.3, 0.4) is 0 Å². The second-order valence-electron chi connectivity index (χ2n) is 11.4. The van der Waals surface area contributed by atoms with Crippen molar-refractivity contribution >= 4 is 79.0 Å². The molecule has 6 aromatic rings. The van der Waals surface area contributed by atoms with Crippen molar-refractivity contribution in [2.45, 2.75) is 25.7 Å². The van der Waals surface area contributed by atoms with E-state index in [1.165, 1.54) is 0 Å². The van der Waals surface area contributed by atoms with Gasteiger partial charge in [0, 0.05) is 69.4 Å². The molecule has 0 radical (unpaired) electrons. The summed E-state index contributed by atoms with van der Waals surface area (Å²) in [5, 5.41) is 19.7.